The molecule has 1 aliphatic heterocycles. The highest BCUT2D eigenvalue weighted by Gasteiger charge is 2.44. The number of carbonyl (C=O) groups excluding carboxylic acids is 1. The van der Waals surface area contributed by atoms with Crippen molar-refractivity contribution in [2.45, 2.75) is 13.0 Å². The van der Waals surface area contributed by atoms with Gasteiger partial charge in [-0.3, -0.25) is 24.6 Å². The number of hydrogen-bond donors (Lipinski definition) is 0. The molecular formula is C23H14FN3O5. The molecule has 8 nitrogen and oxygen atoms in total. The fourth-order valence-electron chi connectivity index (χ4n) is 3.97. The van der Waals surface area contributed by atoms with Gasteiger partial charge in [0.2, 0.25) is 5.76 Å². The fraction of sp³-hybridized carbons (Fsp3) is 0.0870. The number of non-ortho nitro benzene ring substituents is 1. The Morgan fingerprint density at radius 1 is 1.09 bits per heavy atom. The molecule has 0 saturated carbocycles. The first kappa shape index (κ1) is 19.6. The predicted molar refractivity (Wildman–Crippen MR) is 113 cm³/mol. The van der Waals surface area contributed by atoms with Crippen LogP contribution in [0.2, 0.25) is 0 Å². The van der Waals surface area contributed by atoms with E-state index in [2.05, 4.69) is 4.98 Å². The summed E-state index contributed by atoms with van der Waals surface area (Å²) < 4.78 is 19.6. The third kappa shape index (κ3) is 2.94. The molecule has 1 atom stereocenters. The van der Waals surface area contributed by atoms with Crippen molar-refractivity contribution in [3.8, 4) is 0 Å². The molecule has 3 heterocycles. The molecule has 0 fully saturated rings. The molecule has 0 radical (unpaired) electrons. The standard InChI is InChI=1S/C23H14FN3O5/c1-12-4-2-7-18(25-12)26-20(13-5-3-6-15(10-13)27(30)31)19-21(28)16-11-14(24)8-9-17(16)32-22(19)23(26)29/h2-11,20H,1H3/t20-/m0/s1. The molecule has 9 heteroatoms. The zero-order chi connectivity index (χ0) is 22.6. The summed E-state index contributed by atoms with van der Waals surface area (Å²) in [7, 11) is 0. The van der Waals surface area contributed by atoms with Crippen molar-refractivity contribution in [1.29, 1.82) is 0 Å². The Hall–Kier alpha value is -4.40. The first-order chi connectivity index (χ1) is 15.3. The van der Waals surface area contributed by atoms with E-state index in [4.69, 9.17) is 4.42 Å². The Morgan fingerprint density at radius 3 is 2.62 bits per heavy atom. The van der Waals surface area contributed by atoms with Gasteiger partial charge in [0.25, 0.3) is 11.6 Å². The van der Waals surface area contributed by atoms with Gasteiger partial charge in [0.05, 0.1) is 21.9 Å². The lowest BCUT2D eigenvalue weighted by molar-refractivity contribution is -0.384. The summed E-state index contributed by atoms with van der Waals surface area (Å²) in [6.45, 7) is 1.75. The Bertz CT molecular complexity index is 1500. The van der Waals surface area contributed by atoms with E-state index >= 15 is 0 Å². The second kappa shape index (κ2) is 7.09. The van der Waals surface area contributed by atoms with Crippen molar-refractivity contribution in [3.05, 3.63) is 109 Å². The number of aromatic nitrogens is 1. The van der Waals surface area contributed by atoms with Gasteiger partial charge < -0.3 is 4.42 Å². The Morgan fingerprint density at radius 2 is 1.88 bits per heavy atom. The average Bonchev–Trinajstić information content (AvgIpc) is 3.07. The van der Waals surface area contributed by atoms with Crippen LogP contribution in [0, 0.1) is 22.9 Å². The molecule has 158 valence electrons. The zero-order valence-corrected chi connectivity index (χ0v) is 16.6. The maximum absolute atomic E-state index is 13.9. The van der Waals surface area contributed by atoms with Gasteiger partial charge in [0.15, 0.2) is 5.43 Å². The van der Waals surface area contributed by atoms with Crippen LogP contribution in [-0.2, 0) is 0 Å². The monoisotopic (exact) mass is 431 g/mol. The molecule has 0 aliphatic carbocycles. The van der Waals surface area contributed by atoms with Crippen LogP contribution in [0.3, 0.4) is 0 Å². The highest BCUT2D eigenvalue weighted by molar-refractivity contribution is 6.10. The highest BCUT2D eigenvalue weighted by Crippen LogP contribution is 2.41. The van der Waals surface area contributed by atoms with Crippen LogP contribution in [0.1, 0.15) is 33.4 Å². The van der Waals surface area contributed by atoms with Crippen LogP contribution < -0.4 is 10.3 Å². The minimum Gasteiger partial charge on any atom is -0.450 e. The number of aryl methyl sites for hydroxylation is 1. The van der Waals surface area contributed by atoms with E-state index in [0.717, 1.165) is 12.1 Å². The lowest BCUT2D eigenvalue weighted by Gasteiger charge is -2.24. The molecule has 2 aromatic carbocycles. The summed E-state index contributed by atoms with van der Waals surface area (Å²) in [6.07, 6.45) is 0. The maximum atomic E-state index is 13.9. The number of rotatable bonds is 3. The number of nitro benzene ring substituents is 1. The third-order valence-corrected chi connectivity index (χ3v) is 5.35. The summed E-state index contributed by atoms with van der Waals surface area (Å²) >= 11 is 0. The SMILES string of the molecule is Cc1cccc(N2C(=O)c3oc4ccc(F)cc4c(=O)c3[C@@H]2c2cccc([N+](=O)[O-])c2)n1. The van der Waals surface area contributed by atoms with E-state index in [-0.39, 0.29) is 33.8 Å². The first-order valence-electron chi connectivity index (χ1n) is 9.63. The number of pyridine rings is 1. The van der Waals surface area contributed by atoms with Crippen molar-refractivity contribution in [3.63, 3.8) is 0 Å². The second-order valence-corrected chi connectivity index (χ2v) is 7.38. The molecule has 0 spiro atoms. The Labute approximate surface area is 179 Å². The number of anilines is 1. The Kier molecular flexibility index (Phi) is 4.33. The maximum Gasteiger partial charge on any atom is 0.296 e. The fourth-order valence-corrected chi connectivity index (χ4v) is 3.97. The van der Waals surface area contributed by atoms with E-state index in [1.54, 1.807) is 31.2 Å². The van der Waals surface area contributed by atoms with Crippen LogP contribution >= 0.6 is 0 Å². The topological polar surface area (TPSA) is 107 Å². The van der Waals surface area contributed by atoms with Gasteiger partial charge >= 0.3 is 0 Å². The largest absolute Gasteiger partial charge is 0.450 e. The van der Waals surface area contributed by atoms with Crippen LogP contribution in [0.15, 0.2) is 69.9 Å². The number of nitro groups is 1. The zero-order valence-electron chi connectivity index (χ0n) is 16.6. The van der Waals surface area contributed by atoms with Crippen molar-refractivity contribution in [2.75, 3.05) is 4.90 Å². The van der Waals surface area contributed by atoms with Crippen LogP contribution in [-0.4, -0.2) is 15.8 Å². The average molecular weight is 431 g/mol. The number of fused-ring (bicyclic) bond motifs is 2. The quantitative estimate of drug-likeness (QED) is 0.354. The lowest BCUT2D eigenvalue weighted by atomic mass is 9.98. The van der Waals surface area contributed by atoms with Crippen molar-refractivity contribution in [1.82, 2.24) is 4.98 Å². The van der Waals surface area contributed by atoms with Crippen molar-refractivity contribution in [2.24, 2.45) is 0 Å². The number of halogens is 1. The molecule has 0 bridgehead atoms. The molecular weight excluding hydrogens is 417 g/mol. The number of amides is 1. The summed E-state index contributed by atoms with van der Waals surface area (Å²) in [5.41, 5.74) is 0.239. The first-order valence-corrected chi connectivity index (χ1v) is 9.63. The second-order valence-electron chi connectivity index (χ2n) is 7.38. The third-order valence-electron chi connectivity index (χ3n) is 5.35. The molecule has 0 N–H and O–H groups in total. The summed E-state index contributed by atoms with van der Waals surface area (Å²) in [5, 5.41) is 11.3. The molecule has 32 heavy (non-hydrogen) atoms. The van der Waals surface area contributed by atoms with Crippen molar-refractivity contribution < 1.29 is 18.5 Å². The van der Waals surface area contributed by atoms with E-state index < -0.39 is 28.1 Å². The molecule has 0 unspecified atom stereocenters. The van der Waals surface area contributed by atoms with Crippen molar-refractivity contribution >= 4 is 28.4 Å². The molecule has 4 aromatic rings. The van der Waals surface area contributed by atoms with Gasteiger partial charge in [0.1, 0.15) is 17.2 Å². The number of benzene rings is 2. The van der Waals surface area contributed by atoms with Gasteiger partial charge in [-0.05, 0) is 42.8 Å². The minimum absolute atomic E-state index is 0.0168. The predicted octanol–water partition coefficient (Wildman–Crippen LogP) is 4.29. The van der Waals surface area contributed by atoms with Gasteiger partial charge in [0, 0.05) is 17.8 Å². The normalized spacial score (nSPS) is 15.2. The van der Waals surface area contributed by atoms with E-state index in [1.807, 2.05) is 0 Å². The van der Waals surface area contributed by atoms with Crippen LogP contribution in [0.4, 0.5) is 15.9 Å². The molecule has 5 rings (SSSR count). The smallest absolute Gasteiger partial charge is 0.296 e. The number of nitrogens with zero attached hydrogens (tertiary/aromatic N) is 3. The van der Waals surface area contributed by atoms with E-state index in [1.165, 1.54) is 29.2 Å². The lowest BCUT2D eigenvalue weighted by Crippen LogP contribution is -2.30. The summed E-state index contributed by atoms with van der Waals surface area (Å²) in [4.78, 5) is 43.3. The number of carbonyl (C=O) groups is 1. The molecule has 1 aliphatic rings. The van der Waals surface area contributed by atoms with Gasteiger partial charge in [-0.25, -0.2) is 9.37 Å². The summed E-state index contributed by atoms with van der Waals surface area (Å²) in [5.74, 6) is -1.18. The molecule has 0 saturated heterocycles. The summed E-state index contributed by atoms with van der Waals surface area (Å²) in [6, 6.07) is 13.2. The highest BCUT2D eigenvalue weighted by atomic mass is 19.1. The Balaban J connectivity index is 1.83. The van der Waals surface area contributed by atoms with Gasteiger partial charge in [-0.15, -0.1) is 0 Å². The van der Waals surface area contributed by atoms with Gasteiger partial charge in [-0.2, -0.15) is 0 Å². The molecule has 2 aromatic heterocycles. The van der Waals surface area contributed by atoms with Crippen LogP contribution in [0.25, 0.3) is 11.0 Å². The van der Waals surface area contributed by atoms with E-state index in [9.17, 15) is 24.1 Å². The molecule has 1 amide bonds. The minimum atomic E-state index is -1.03. The number of hydrogen-bond acceptors (Lipinski definition) is 6. The van der Waals surface area contributed by atoms with E-state index in [0.29, 0.717) is 11.3 Å². The van der Waals surface area contributed by atoms with Gasteiger partial charge in [-0.1, -0.05) is 18.2 Å². The van der Waals surface area contributed by atoms with Crippen LogP contribution in [0.5, 0.6) is 0 Å².